The van der Waals surface area contributed by atoms with E-state index in [0.717, 1.165) is 5.75 Å². The van der Waals surface area contributed by atoms with Crippen molar-refractivity contribution >= 4 is 0 Å². The lowest BCUT2D eigenvalue weighted by Crippen LogP contribution is -2.16. The summed E-state index contributed by atoms with van der Waals surface area (Å²) < 4.78 is 5.48. The summed E-state index contributed by atoms with van der Waals surface area (Å²) in [6, 6.07) is 8.04. The Kier molecular flexibility index (Phi) is 3.75. The average molecular weight is 208 g/mol. The maximum absolute atomic E-state index is 8.85. The molecule has 0 fully saturated rings. The highest BCUT2D eigenvalue weighted by atomic mass is 16.5. The standard InChI is InChI=1S/C13H20O2/c1-10(9-14)15-12-7-5-11(6-8-12)13(2,3)4/h5-8,10,14H,9H2,1-4H3. The Balaban J connectivity index is 2.73. The maximum Gasteiger partial charge on any atom is 0.119 e. The van der Waals surface area contributed by atoms with Crippen molar-refractivity contribution in [1.82, 2.24) is 0 Å². The Morgan fingerprint density at radius 2 is 1.73 bits per heavy atom. The van der Waals surface area contributed by atoms with E-state index in [2.05, 4.69) is 32.9 Å². The Morgan fingerprint density at radius 1 is 1.20 bits per heavy atom. The van der Waals surface area contributed by atoms with Crippen LogP contribution in [0.2, 0.25) is 0 Å². The zero-order chi connectivity index (χ0) is 11.5. The molecule has 1 aromatic carbocycles. The fourth-order valence-electron chi connectivity index (χ4n) is 1.30. The molecule has 0 saturated carbocycles. The molecule has 1 rings (SSSR count). The third-order valence-electron chi connectivity index (χ3n) is 2.31. The first-order chi connectivity index (χ1) is 6.93. The molecule has 15 heavy (non-hydrogen) atoms. The number of rotatable bonds is 3. The van der Waals surface area contributed by atoms with E-state index in [4.69, 9.17) is 9.84 Å². The molecule has 0 heterocycles. The number of ether oxygens (including phenoxy) is 1. The molecule has 1 aromatic rings. The first-order valence-corrected chi connectivity index (χ1v) is 5.31. The summed E-state index contributed by atoms with van der Waals surface area (Å²) in [6.07, 6.45) is -0.148. The van der Waals surface area contributed by atoms with Gasteiger partial charge in [-0.05, 0) is 30.0 Å². The van der Waals surface area contributed by atoms with Gasteiger partial charge in [-0.15, -0.1) is 0 Å². The second-order valence-corrected chi connectivity index (χ2v) is 4.89. The molecule has 0 saturated heterocycles. The van der Waals surface area contributed by atoms with Crippen molar-refractivity contribution in [3.05, 3.63) is 29.8 Å². The monoisotopic (exact) mass is 208 g/mol. The fraction of sp³-hybridized carbons (Fsp3) is 0.538. The van der Waals surface area contributed by atoms with E-state index in [9.17, 15) is 0 Å². The molecule has 1 atom stereocenters. The molecular formula is C13H20O2. The molecule has 1 N–H and O–H groups in total. The van der Waals surface area contributed by atoms with Gasteiger partial charge in [0.2, 0.25) is 0 Å². The SMILES string of the molecule is CC(CO)Oc1ccc(C(C)(C)C)cc1. The summed E-state index contributed by atoms with van der Waals surface area (Å²) in [5, 5.41) is 8.85. The van der Waals surface area contributed by atoms with Crippen LogP contribution in [0.15, 0.2) is 24.3 Å². The molecule has 0 aliphatic heterocycles. The van der Waals surface area contributed by atoms with Crippen molar-refractivity contribution in [3.8, 4) is 5.75 Å². The molecule has 2 heteroatoms. The second-order valence-electron chi connectivity index (χ2n) is 4.89. The maximum atomic E-state index is 8.85. The molecule has 0 spiro atoms. The van der Waals surface area contributed by atoms with Crippen LogP contribution in [-0.2, 0) is 5.41 Å². The van der Waals surface area contributed by atoms with Gasteiger partial charge in [0, 0.05) is 0 Å². The quantitative estimate of drug-likeness (QED) is 0.827. The van der Waals surface area contributed by atoms with Gasteiger partial charge in [0.1, 0.15) is 11.9 Å². The van der Waals surface area contributed by atoms with Crippen LogP contribution in [0.3, 0.4) is 0 Å². The summed E-state index contributed by atoms with van der Waals surface area (Å²) in [4.78, 5) is 0. The zero-order valence-corrected chi connectivity index (χ0v) is 9.95. The second kappa shape index (κ2) is 4.67. The van der Waals surface area contributed by atoms with Crippen molar-refractivity contribution in [1.29, 1.82) is 0 Å². The summed E-state index contributed by atoms with van der Waals surface area (Å²) in [5.41, 5.74) is 1.45. The van der Waals surface area contributed by atoms with Gasteiger partial charge in [-0.25, -0.2) is 0 Å². The van der Waals surface area contributed by atoms with Gasteiger partial charge in [-0.1, -0.05) is 32.9 Å². The third-order valence-corrected chi connectivity index (χ3v) is 2.31. The first kappa shape index (κ1) is 12.1. The Hall–Kier alpha value is -1.02. The first-order valence-electron chi connectivity index (χ1n) is 5.31. The number of aliphatic hydroxyl groups excluding tert-OH is 1. The van der Waals surface area contributed by atoms with Crippen LogP contribution < -0.4 is 4.74 Å². The molecule has 0 amide bonds. The van der Waals surface area contributed by atoms with E-state index in [1.165, 1.54) is 5.56 Å². The number of benzene rings is 1. The van der Waals surface area contributed by atoms with Gasteiger partial charge < -0.3 is 9.84 Å². The average Bonchev–Trinajstić information content (AvgIpc) is 2.17. The van der Waals surface area contributed by atoms with E-state index < -0.39 is 0 Å². The molecule has 0 aromatic heterocycles. The predicted octanol–water partition coefficient (Wildman–Crippen LogP) is 2.74. The number of aliphatic hydroxyl groups is 1. The number of hydrogen-bond acceptors (Lipinski definition) is 2. The molecule has 0 aliphatic carbocycles. The van der Waals surface area contributed by atoms with E-state index in [0.29, 0.717) is 0 Å². The minimum atomic E-state index is -0.148. The third kappa shape index (κ3) is 3.56. The van der Waals surface area contributed by atoms with Gasteiger partial charge in [0.25, 0.3) is 0 Å². The van der Waals surface area contributed by atoms with Crippen molar-refractivity contribution in [2.75, 3.05) is 6.61 Å². The summed E-state index contributed by atoms with van der Waals surface area (Å²) >= 11 is 0. The summed E-state index contributed by atoms with van der Waals surface area (Å²) in [6.45, 7) is 8.43. The highest BCUT2D eigenvalue weighted by molar-refractivity contribution is 5.31. The van der Waals surface area contributed by atoms with E-state index >= 15 is 0 Å². The molecule has 1 unspecified atom stereocenters. The summed E-state index contributed by atoms with van der Waals surface area (Å²) in [7, 11) is 0. The van der Waals surface area contributed by atoms with E-state index in [-0.39, 0.29) is 18.1 Å². The van der Waals surface area contributed by atoms with Crippen molar-refractivity contribution in [2.24, 2.45) is 0 Å². The smallest absolute Gasteiger partial charge is 0.119 e. The van der Waals surface area contributed by atoms with Gasteiger partial charge >= 0.3 is 0 Å². The normalized spacial score (nSPS) is 13.7. The lowest BCUT2D eigenvalue weighted by Gasteiger charge is -2.19. The summed E-state index contributed by atoms with van der Waals surface area (Å²) in [5.74, 6) is 0.810. The fourth-order valence-corrected chi connectivity index (χ4v) is 1.30. The van der Waals surface area contributed by atoms with Crippen molar-refractivity contribution in [3.63, 3.8) is 0 Å². The lowest BCUT2D eigenvalue weighted by atomic mass is 9.87. The predicted molar refractivity (Wildman–Crippen MR) is 62.3 cm³/mol. The minimum Gasteiger partial charge on any atom is -0.488 e. The van der Waals surface area contributed by atoms with Crippen LogP contribution in [0.5, 0.6) is 5.75 Å². The van der Waals surface area contributed by atoms with E-state index in [1.807, 2.05) is 19.1 Å². The Morgan fingerprint density at radius 3 is 2.13 bits per heavy atom. The van der Waals surface area contributed by atoms with Crippen LogP contribution in [0.25, 0.3) is 0 Å². The molecule has 2 nitrogen and oxygen atoms in total. The topological polar surface area (TPSA) is 29.5 Å². The van der Waals surface area contributed by atoms with Crippen LogP contribution in [0.4, 0.5) is 0 Å². The van der Waals surface area contributed by atoms with Gasteiger partial charge in [0.15, 0.2) is 0 Å². The molecule has 0 radical (unpaired) electrons. The van der Waals surface area contributed by atoms with Crippen molar-refractivity contribution in [2.45, 2.75) is 39.2 Å². The largest absolute Gasteiger partial charge is 0.488 e. The highest BCUT2D eigenvalue weighted by Gasteiger charge is 2.13. The minimum absolute atomic E-state index is 0.0427. The van der Waals surface area contributed by atoms with Gasteiger partial charge in [-0.2, -0.15) is 0 Å². The zero-order valence-electron chi connectivity index (χ0n) is 9.95. The highest BCUT2D eigenvalue weighted by Crippen LogP contribution is 2.24. The van der Waals surface area contributed by atoms with Crippen LogP contribution in [0.1, 0.15) is 33.3 Å². The van der Waals surface area contributed by atoms with Crippen LogP contribution >= 0.6 is 0 Å². The van der Waals surface area contributed by atoms with Gasteiger partial charge in [-0.3, -0.25) is 0 Å². The van der Waals surface area contributed by atoms with Gasteiger partial charge in [0.05, 0.1) is 6.61 Å². The lowest BCUT2D eigenvalue weighted by molar-refractivity contribution is 0.129. The Labute approximate surface area is 91.9 Å². The number of hydrogen-bond donors (Lipinski definition) is 1. The van der Waals surface area contributed by atoms with E-state index in [1.54, 1.807) is 0 Å². The van der Waals surface area contributed by atoms with Crippen molar-refractivity contribution < 1.29 is 9.84 Å². The van der Waals surface area contributed by atoms with Crippen LogP contribution in [-0.4, -0.2) is 17.8 Å². The molecule has 84 valence electrons. The van der Waals surface area contributed by atoms with Crippen LogP contribution in [0, 0.1) is 0 Å². The Bertz CT molecular complexity index is 295. The molecular weight excluding hydrogens is 188 g/mol. The molecule has 0 aliphatic rings. The molecule has 0 bridgehead atoms.